The Hall–Kier alpha value is 2.24. The van der Waals surface area contributed by atoms with Gasteiger partial charge in [0.05, 0.1) is 0 Å². The van der Waals surface area contributed by atoms with E-state index in [1.54, 1.807) is 0 Å². The van der Waals surface area contributed by atoms with Crippen molar-refractivity contribution in [1.29, 1.82) is 0 Å². The molecule has 10 rings (SSSR count). The first kappa shape index (κ1) is 6.60. The summed E-state index contributed by atoms with van der Waals surface area (Å²) in [4.78, 5) is 8.20. The molecule has 0 amide bonds. The third-order valence-electron chi connectivity index (χ3n) is 15.7. The number of fused-ring (bicyclic) bond motifs is 10. The van der Waals surface area contributed by atoms with Gasteiger partial charge in [-0.05, 0) is 0 Å². The van der Waals surface area contributed by atoms with Gasteiger partial charge in [-0.25, -0.2) is 0 Å². The molecule has 0 radical (unpaired) electrons. The molecule has 0 aromatic heterocycles. The van der Waals surface area contributed by atoms with E-state index >= 15 is 0 Å². The molecule has 5 heteroatoms. The average Bonchev–Trinajstić information content (AvgIpc) is 3.14. The van der Waals surface area contributed by atoms with Gasteiger partial charge in [0.15, 0.2) is 0 Å². The second kappa shape index (κ2) is 0.474. The number of hydrogen-bond donors (Lipinski definition) is 0. The molecule has 0 aromatic rings. The zero-order valence-electron chi connectivity index (χ0n) is 8.13. The molecule has 0 nitrogen and oxygen atoms in total. The van der Waals surface area contributed by atoms with Gasteiger partial charge in [0.25, 0.3) is 0 Å². The fourth-order valence-electron chi connectivity index (χ4n) is 17.8. The predicted molar refractivity (Wildman–Crippen MR) is 72.3 cm³/mol. The number of hydrogen-bond acceptors (Lipinski definition) is 0. The summed E-state index contributed by atoms with van der Waals surface area (Å²) in [6.07, 6.45) is 0. The van der Waals surface area contributed by atoms with Crippen LogP contribution in [0.4, 0.5) is 0 Å². The summed E-state index contributed by atoms with van der Waals surface area (Å²) in [5.41, 5.74) is 0. The topological polar surface area (TPSA) is 0 Å². The van der Waals surface area contributed by atoms with Gasteiger partial charge in [-0.3, -0.25) is 0 Å². The first-order valence-electron chi connectivity index (χ1n) is 6.08. The van der Waals surface area contributed by atoms with Crippen LogP contribution in [0.25, 0.3) is 0 Å². The molecule has 10 aliphatic rings. The summed E-state index contributed by atoms with van der Waals surface area (Å²) >= 11 is 0. The molecule has 0 bridgehead atoms. The van der Waals surface area contributed by atoms with Gasteiger partial charge in [0.1, 0.15) is 0 Å². The van der Waals surface area contributed by atoms with Crippen molar-refractivity contribution in [2.45, 2.75) is 45.1 Å². The third kappa shape index (κ3) is 0.0498. The molecule has 82 valence electrons. The molecule has 0 saturated carbocycles. The summed E-state index contributed by atoms with van der Waals surface area (Å²) in [6.45, 7) is -3.10. The quantitative estimate of drug-likeness (QED) is 0.476. The molecule has 15 heavy (non-hydrogen) atoms. The Balaban J connectivity index is 2.06. The molecule has 0 N–H and O–H groups in total. The van der Waals surface area contributed by atoms with Crippen LogP contribution >= 0.6 is 37.0 Å². The van der Waals surface area contributed by atoms with E-state index in [4.69, 9.17) is 0 Å². The molecule has 8 atom stereocenters. The van der Waals surface area contributed by atoms with Gasteiger partial charge in [-0.2, -0.15) is 0 Å². The second-order valence-electron chi connectivity index (χ2n) is 10.1. The molecule has 10 heterocycles. The zero-order chi connectivity index (χ0) is 9.78. The van der Waals surface area contributed by atoms with Gasteiger partial charge in [-0.15, -0.1) is 0 Å². The van der Waals surface area contributed by atoms with Crippen LogP contribution in [0.15, 0.2) is 0 Å². The van der Waals surface area contributed by atoms with Crippen molar-refractivity contribution in [3.05, 3.63) is 0 Å². The molecule has 0 aromatic carbocycles. The summed E-state index contributed by atoms with van der Waals surface area (Å²) in [6, 6.07) is 0. The van der Waals surface area contributed by atoms with E-state index in [1.807, 2.05) is 0 Å². The van der Waals surface area contributed by atoms with Crippen molar-refractivity contribution in [3.63, 3.8) is 0 Å². The molecular weight excluding hydrogens is 300 g/mol. The Morgan fingerprint density at radius 3 is 1.00 bits per heavy atom. The van der Waals surface area contributed by atoms with Gasteiger partial charge in [0, 0.05) is 0 Å². The van der Waals surface area contributed by atoms with Crippen molar-refractivity contribution in [2.24, 2.45) is 0 Å². The monoisotopic (exact) mass is 314 g/mol. The first-order valence-corrected chi connectivity index (χ1v) is 14.4. The first-order chi connectivity index (χ1) is 6.72. The van der Waals surface area contributed by atoms with Crippen molar-refractivity contribution in [3.8, 4) is 0 Å². The second-order valence-corrected chi connectivity index (χ2v) is 38.6. The van der Waals surface area contributed by atoms with Crippen molar-refractivity contribution in [2.75, 3.05) is 0 Å². The van der Waals surface area contributed by atoms with Crippen LogP contribution in [-0.2, 0) is 6.51 Å². The molecular formula is C10H14FeP4. The summed E-state index contributed by atoms with van der Waals surface area (Å²) in [5.74, 6) is 0. The van der Waals surface area contributed by atoms with Crippen molar-refractivity contribution in [1.82, 2.24) is 0 Å². The normalized spacial score (nSPS) is 149. The van der Waals surface area contributed by atoms with Gasteiger partial charge >= 0.3 is 88.6 Å². The minimum absolute atomic E-state index is 0.853. The fraction of sp³-hybridized carbons (Fsp3) is 1.00. The van der Waals surface area contributed by atoms with Crippen LogP contribution in [-0.4, -0.2) is 16.2 Å². The van der Waals surface area contributed by atoms with Crippen molar-refractivity contribution < 1.29 is 6.51 Å². The average molecular weight is 314 g/mol. The van der Waals surface area contributed by atoms with Crippen LogP contribution in [0.5, 0.6) is 0 Å². The Bertz CT molecular complexity index is 944. The van der Waals surface area contributed by atoms with Gasteiger partial charge in [-0.1, -0.05) is 0 Å². The van der Waals surface area contributed by atoms with Crippen molar-refractivity contribution >= 4 is 37.0 Å². The van der Waals surface area contributed by atoms with Crippen LogP contribution in [0.1, 0.15) is 0 Å². The van der Waals surface area contributed by atoms with Gasteiger partial charge in [0.2, 0.25) is 0 Å². The van der Waals surface area contributed by atoms with Crippen LogP contribution in [0, 0.1) is 0 Å². The molecule has 10 aliphatic heterocycles. The van der Waals surface area contributed by atoms with E-state index in [0.29, 0.717) is 0 Å². The van der Waals surface area contributed by atoms with E-state index in [2.05, 4.69) is 37.0 Å². The Morgan fingerprint density at radius 1 is 0.667 bits per heavy atom. The predicted octanol–water partition coefficient (Wildman–Crippen LogP) is 2.51. The summed E-state index contributed by atoms with van der Waals surface area (Å²) < 4.78 is 3.49. The number of rotatable bonds is 0. The van der Waals surface area contributed by atoms with Gasteiger partial charge < -0.3 is 0 Å². The Labute approximate surface area is 88.3 Å². The van der Waals surface area contributed by atoms with E-state index in [9.17, 15) is 0 Å². The van der Waals surface area contributed by atoms with E-state index in [0.717, 1.165) is 16.2 Å². The Kier molecular flexibility index (Phi) is 0.208. The van der Waals surface area contributed by atoms with E-state index < -0.39 is 6.51 Å². The molecule has 1 spiro atoms. The fourth-order valence-corrected chi connectivity index (χ4v) is 135. The van der Waals surface area contributed by atoms with E-state index in [-0.39, 0.29) is 0 Å². The zero-order valence-corrected chi connectivity index (χ0v) is 13.9. The third-order valence-corrected chi connectivity index (χ3v) is 82.6. The molecule has 10 fully saturated rings. The summed E-state index contributed by atoms with van der Waals surface area (Å²) in [7, 11) is 14.0. The van der Waals surface area contributed by atoms with Crippen LogP contribution < -0.4 is 0 Å². The standard InChI is InChI=1S/C5H9P4.C5H5.Fe/c6-2-1-3(7)5(9)4(2)8;1-2-4-5-3-1;/h1H,6-9H2;1-5H;. The Morgan fingerprint density at radius 2 is 1.00 bits per heavy atom. The summed E-state index contributed by atoms with van der Waals surface area (Å²) in [5, 5.41) is 0. The minimum atomic E-state index is -3.10. The van der Waals surface area contributed by atoms with E-state index in [1.165, 1.54) is 28.9 Å². The molecule has 0 aliphatic carbocycles. The molecule has 10 saturated heterocycles. The SMILES string of the molecule is P[C]12[CH]3[C]4(P)[C]5(P)[C]1(P)[Fe]32451678[CH]2[CH]1[CH]6[CH]7[CH]28. The van der Waals surface area contributed by atoms with Crippen LogP contribution in [0.2, 0.25) is 28.9 Å². The molecule has 8 unspecified atom stereocenters. The maximum atomic E-state index is 3.51. The van der Waals surface area contributed by atoms with Crippen LogP contribution in [0.3, 0.4) is 0 Å². The maximum absolute atomic E-state index is 3.51.